The molecule has 0 aromatic carbocycles. The van der Waals surface area contributed by atoms with Gasteiger partial charge in [-0.05, 0) is 13.8 Å². The molecular weight excluding hydrogens is 228 g/mol. The van der Waals surface area contributed by atoms with Gasteiger partial charge < -0.3 is 10.3 Å². The molecule has 0 bridgehead atoms. The van der Waals surface area contributed by atoms with Crippen molar-refractivity contribution in [3.63, 3.8) is 0 Å². The van der Waals surface area contributed by atoms with Crippen LogP contribution in [0.15, 0.2) is 11.0 Å². The zero-order chi connectivity index (χ0) is 13.3. The molecule has 2 heterocycles. The predicted molar refractivity (Wildman–Crippen MR) is 72.3 cm³/mol. The van der Waals surface area contributed by atoms with Crippen LogP contribution in [0.3, 0.4) is 0 Å². The van der Waals surface area contributed by atoms with Crippen LogP contribution >= 0.6 is 0 Å². The number of anilines is 1. The minimum absolute atomic E-state index is 0.127. The largest absolute Gasteiger partial charge is 0.369 e. The smallest absolute Gasteiger partial charge is 0.263 e. The van der Waals surface area contributed by atoms with Crippen LogP contribution in [-0.4, -0.2) is 14.5 Å². The number of nitrogens with one attached hydrogen (secondary N) is 1. The van der Waals surface area contributed by atoms with E-state index in [2.05, 4.69) is 21.8 Å². The predicted octanol–water partition coefficient (Wildman–Crippen LogP) is 1.65. The summed E-state index contributed by atoms with van der Waals surface area (Å²) in [4.78, 5) is 18.7. The lowest BCUT2D eigenvalue weighted by molar-refractivity contribution is 0.617. The Bertz CT molecular complexity index is 697. The molecule has 0 amide bonds. The van der Waals surface area contributed by atoms with Gasteiger partial charge in [-0.15, -0.1) is 0 Å². The number of H-pyrrole nitrogens is 1. The molecule has 5 nitrogen and oxygen atoms in total. The van der Waals surface area contributed by atoms with Crippen LogP contribution in [0.5, 0.6) is 0 Å². The van der Waals surface area contributed by atoms with Gasteiger partial charge in [-0.25, -0.2) is 0 Å². The van der Waals surface area contributed by atoms with Crippen molar-refractivity contribution in [3.8, 4) is 11.8 Å². The topological polar surface area (TPSA) is 76.7 Å². The first-order valence-corrected chi connectivity index (χ1v) is 5.93. The van der Waals surface area contributed by atoms with E-state index in [1.165, 1.54) is 0 Å². The Labute approximate surface area is 105 Å². The minimum atomic E-state index is -0.239. The van der Waals surface area contributed by atoms with Gasteiger partial charge in [0.1, 0.15) is 0 Å². The maximum Gasteiger partial charge on any atom is 0.263 e. The van der Waals surface area contributed by atoms with Gasteiger partial charge in [0.15, 0.2) is 5.65 Å². The monoisotopic (exact) mass is 244 g/mol. The standard InChI is InChI=1S/C13H16N4O/c1-4-5-6-9-7-17(8(2)3)11-10(9)12(18)16-13(14)15-11/h7-8H,4H2,1-3H3,(H3,14,15,16,18). The molecule has 3 N–H and O–H groups in total. The number of nitrogen functional groups attached to an aromatic ring is 1. The number of aromatic amines is 1. The second-order valence-corrected chi connectivity index (χ2v) is 4.35. The molecule has 0 spiro atoms. The van der Waals surface area contributed by atoms with E-state index in [1.807, 2.05) is 31.5 Å². The third kappa shape index (κ3) is 1.97. The molecule has 0 fully saturated rings. The molecule has 0 aliphatic rings. The molecule has 0 aliphatic heterocycles. The molecule has 18 heavy (non-hydrogen) atoms. The van der Waals surface area contributed by atoms with Crippen molar-refractivity contribution in [2.45, 2.75) is 33.2 Å². The molecular formula is C13H16N4O. The second-order valence-electron chi connectivity index (χ2n) is 4.35. The number of nitrogens with two attached hydrogens (primary N) is 1. The molecule has 0 unspecified atom stereocenters. The Morgan fingerprint density at radius 3 is 2.89 bits per heavy atom. The number of rotatable bonds is 1. The fraction of sp³-hybridized carbons (Fsp3) is 0.385. The van der Waals surface area contributed by atoms with Crippen molar-refractivity contribution in [3.05, 3.63) is 22.1 Å². The fourth-order valence-corrected chi connectivity index (χ4v) is 1.84. The number of hydrogen-bond donors (Lipinski definition) is 2. The van der Waals surface area contributed by atoms with Crippen LogP contribution in [0.2, 0.25) is 0 Å². The average Bonchev–Trinajstić information content (AvgIpc) is 2.65. The summed E-state index contributed by atoms with van der Waals surface area (Å²) in [6, 6.07) is 0.193. The summed E-state index contributed by atoms with van der Waals surface area (Å²) in [5, 5.41) is 0.513. The van der Waals surface area contributed by atoms with E-state index in [9.17, 15) is 4.79 Å². The summed E-state index contributed by atoms with van der Waals surface area (Å²) >= 11 is 0. The van der Waals surface area contributed by atoms with Crippen LogP contribution in [0, 0.1) is 11.8 Å². The van der Waals surface area contributed by atoms with Crippen LogP contribution < -0.4 is 11.3 Å². The third-order valence-corrected chi connectivity index (χ3v) is 2.66. The summed E-state index contributed by atoms with van der Waals surface area (Å²) in [5.41, 5.74) is 6.64. The van der Waals surface area contributed by atoms with Gasteiger partial charge in [0.2, 0.25) is 5.95 Å². The van der Waals surface area contributed by atoms with Gasteiger partial charge in [-0.3, -0.25) is 9.78 Å². The zero-order valence-corrected chi connectivity index (χ0v) is 10.7. The van der Waals surface area contributed by atoms with Crippen molar-refractivity contribution in [2.75, 3.05) is 5.73 Å². The SMILES string of the molecule is CCC#Cc1cn(C(C)C)c2nc(N)[nH]c(=O)c12. The molecule has 0 atom stereocenters. The first kappa shape index (κ1) is 12.2. The molecule has 94 valence electrons. The highest BCUT2D eigenvalue weighted by Crippen LogP contribution is 2.20. The average molecular weight is 244 g/mol. The summed E-state index contributed by atoms with van der Waals surface area (Å²) < 4.78 is 1.92. The Morgan fingerprint density at radius 2 is 2.28 bits per heavy atom. The normalized spacial score (nSPS) is 10.7. The number of hydrogen-bond acceptors (Lipinski definition) is 3. The van der Waals surface area contributed by atoms with E-state index >= 15 is 0 Å². The van der Waals surface area contributed by atoms with Crippen molar-refractivity contribution in [1.29, 1.82) is 0 Å². The number of aromatic nitrogens is 3. The van der Waals surface area contributed by atoms with Gasteiger partial charge in [0.05, 0.1) is 10.9 Å². The Balaban J connectivity index is 2.85. The van der Waals surface area contributed by atoms with E-state index in [4.69, 9.17) is 5.73 Å². The maximum atomic E-state index is 12.0. The van der Waals surface area contributed by atoms with Crippen molar-refractivity contribution >= 4 is 17.0 Å². The highest BCUT2D eigenvalue weighted by atomic mass is 16.1. The van der Waals surface area contributed by atoms with Crippen molar-refractivity contribution in [2.24, 2.45) is 0 Å². The second kappa shape index (κ2) is 4.57. The quantitative estimate of drug-likeness (QED) is 0.749. The summed E-state index contributed by atoms with van der Waals surface area (Å²) in [7, 11) is 0. The molecule has 2 aromatic rings. The third-order valence-electron chi connectivity index (χ3n) is 2.66. The minimum Gasteiger partial charge on any atom is -0.369 e. The molecule has 2 aromatic heterocycles. The van der Waals surface area contributed by atoms with Gasteiger partial charge in [-0.1, -0.05) is 18.8 Å². The lowest BCUT2D eigenvalue weighted by atomic mass is 10.2. The lowest BCUT2D eigenvalue weighted by Gasteiger charge is -2.07. The van der Waals surface area contributed by atoms with Crippen LogP contribution in [-0.2, 0) is 0 Å². The molecule has 5 heteroatoms. The lowest BCUT2D eigenvalue weighted by Crippen LogP contribution is -2.12. The number of fused-ring (bicyclic) bond motifs is 1. The van der Waals surface area contributed by atoms with Gasteiger partial charge in [0, 0.05) is 18.7 Å². The first-order chi connectivity index (χ1) is 8.54. The fourth-order valence-electron chi connectivity index (χ4n) is 1.84. The zero-order valence-electron chi connectivity index (χ0n) is 10.7. The number of nitrogens with zero attached hydrogens (tertiary/aromatic N) is 2. The molecule has 0 radical (unpaired) electrons. The van der Waals surface area contributed by atoms with E-state index in [1.54, 1.807) is 0 Å². The maximum absolute atomic E-state index is 12.0. The molecule has 0 aliphatic carbocycles. The van der Waals surface area contributed by atoms with E-state index in [-0.39, 0.29) is 17.5 Å². The van der Waals surface area contributed by atoms with E-state index < -0.39 is 0 Å². The van der Waals surface area contributed by atoms with E-state index in [0.29, 0.717) is 16.6 Å². The first-order valence-electron chi connectivity index (χ1n) is 5.93. The van der Waals surface area contributed by atoms with Gasteiger partial charge in [-0.2, -0.15) is 4.98 Å². The van der Waals surface area contributed by atoms with E-state index in [0.717, 1.165) is 6.42 Å². The molecule has 0 saturated carbocycles. The van der Waals surface area contributed by atoms with Crippen LogP contribution in [0.1, 0.15) is 38.8 Å². The highest BCUT2D eigenvalue weighted by molar-refractivity contribution is 5.83. The van der Waals surface area contributed by atoms with Crippen LogP contribution in [0.25, 0.3) is 11.0 Å². The van der Waals surface area contributed by atoms with Gasteiger partial charge in [0.25, 0.3) is 5.56 Å². The Hall–Kier alpha value is -2.22. The summed E-state index contributed by atoms with van der Waals surface area (Å²) in [6.45, 7) is 6.01. The summed E-state index contributed by atoms with van der Waals surface area (Å²) in [5.74, 6) is 6.10. The molecule has 2 rings (SSSR count). The highest BCUT2D eigenvalue weighted by Gasteiger charge is 2.14. The summed E-state index contributed by atoms with van der Waals surface area (Å²) in [6.07, 6.45) is 2.61. The van der Waals surface area contributed by atoms with Crippen LogP contribution in [0.4, 0.5) is 5.95 Å². The van der Waals surface area contributed by atoms with Crippen molar-refractivity contribution < 1.29 is 0 Å². The van der Waals surface area contributed by atoms with Crippen molar-refractivity contribution in [1.82, 2.24) is 14.5 Å². The Morgan fingerprint density at radius 1 is 1.56 bits per heavy atom. The Kier molecular flexibility index (Phi) is 3.11. The molecule has 0 saturated heterocycles. The van der Waals surface area contributed by atoms with Gasteiger partial charge >= 0.3 is 0 Å².